The fraction of sp³-hybridized carbons (Fsp3) is 0.458. The molecule has 1 amide bonds. The van der Waals surface area contributed by atoms with Crippen LogP contribution in [0.3, 0.4) is 0 Å². The van der Waals surface area contributed by atoms with E-state index in [1.165, 1.54) is 0 Å². The Balaban J connectivity index is 1.43. The topological polar surface area (TPSA) is 66.7 Å². The summed E-state index contributed by atoms with van der Waals surface area (Å²) in [6, 6.07) is 9.96. The summed E-state index contributed by atoms with van der Waals surface area (Å²) in [5.41, 5.74) is 1.83. The highest BCUT2D eigenvalue weighted by Gasteiger charge is 2.33. The average molecular weight is 469 g/mol. The number of amides is 1. The van der Waals surface area contributed by atoms with Gasteiger partial charge in [-0.2, -0.15) is 0 Å². The van der Waals surface area contributed by atoms with Gasteiger partial charge in [0.25, 0.3) is 0 Å². The zero-order chi connectivity index (χ0) is 22.9. The van der Waals surface area contributed by atoms with Crippen molar-refractivity contribution < 1.29 is 9.53 Å². The number of halogens is 1. The van der Waals surface area contributed by atoms with Gasteiger partial charge in [-0.1, -0.05) is 11.6 Å². The molecule has 2 aliphatic heterocycles. The maximum absolute atomic E-state index is 13.2. The van der Waals surface area contributed by atoms with Gasteiger partial charge in [0.15, 0.2) is 5.82 Å². The fourth-order valence-electron chi connectivity index (χ4n) is 4.76. The number of hydrogen-bond acceptors (Lipinski definition) is 6. The lowest BCUT2D eigenvalue weighted by molar-refractivity contribution is -0.131. The van der Waals surface area contributed by atoms with E-state index in [1.54, 1.807) is 6.20 Å². The van der Waals surface area contributed by atoms with Crippen LogP contribution in [0.5, 0.6) is 0 Å². The smallest absolute Gasteiger partial charge is 0.224 e. The van der Waals surface area contributed by atoms with E-state index in [1.807, 2.05) is 46.1 Å². The molecule has 9 heteroatoms. The number of hydrogen-bond donors (Lipinski definition) is 0. The number of aromatic nitrogens is 3. The first-order chi connectivity index (χ1) is 16.0. The molecule has 4 heterocycles. The van der Waals surface area contributed by atoms with Gasteiger partial charge in [-0.05, 0) is 50.8 Å². The van der Waals surface area contributed by atoms with Gasteiger partial charge < -0.3 is 19.4 Å². The molecule has 0 spiro atoms. The molecule has 33 heavy (non-hydrogen) atoms. The molecule has 2 aromatic heterocycles. The third kappa shape index (κ3) is 4.43. The number of benzene rings is 1. The molecule has 8 nitrogen and oxygen atoms in total. The number of morpholine rings is 1. The Labute approximate surface area is 198 Å². The number of likely N-dealkylation sites (tertiary alicyclic amines) is 1. The van der Waals surface area contributed by atoms with Crippen LogP contribution in [0.4, 0.5) is 5.82 Å². The van der Waals surface area contributed by atoms with Crippen molar-refractivity contribution >= 4 is 34.2 Å². The molecule has 2 saturated heterocycles. The molecule has 3 aromatic rings. The second kappa shape index (κ2) is 9.29. The first kappa shape index (κ1) is 22.1. The van der Waals surface area contributed by atoms with Gasteiger partial charge in [-0.3, -0.25) is 9.78 Å². The summed E-state index contributed by atoms with van der Waals surface area (Å²) in [6.07, 6.45) is 5.05. The van der Waals surface area contributed by atoms with Crippen molar-refractivity contribution in [1.29, 1.82) is 0 Å². The number of nitrogens with zero attached hydrogens (tertiary/aromatic N) is 6. The van der Waals surface area contributed by atoms with Crippen LogP contribution in [0.2, 0.25) is 5.02 Å². The van der Waals surface area contributed by atoms with Crippen LogP contribution >= 0.6 is 11.6 Å². The number of carbonyl (C=O) groups excluding carboxylic acids is 1. The predicted molar refractivity (Wildman–Crippen MR) is 129 cm³/mol. The molecule has 0 aliphatic carbocycles. The molecule has 5 rings (SSSR count). The summed E-state index contributed by atoms with van der Waals surface area (Å²) in [4.78, 5) is 23.9. The zero-order valence-electron chi connectivity index (χ0n) is 19.0. The molecular weight excluding hydrogens is 440 g/mol. The molecule has 2 aliphatic rings. The number of pyridine rings is 1. The molecular formula is C24H29ClN6O2. The SMILES string of the molecule is CN(C)[C@H]1CCN(C(=O)CC2COCCN2c2nn(-c3ccc(Cl)cc3)c3cnccc23)C1. The van der Waals surface area contributed by atoms with Crippen LogP contribution in [0.1, 0.15) is 12.8 Å². The third-order valence-corrected chi connectivity index (χ3v) is 6.94. The van der Waals surface area contributed by atoms with Crippen LogP contribution in [0.15, 0.2) is 42.7 Å². The summed E-state index contributed by atoms with van der Waals surface area (Å²) in [5, 5.41) is 6.66. The standard InChI is InChI=1S/C24H29ClN6O2/c1-28(2)19-8-10-29(15-19)23(32)13-20-16-33-12-11-30(20)24-21-7-9-26-14-22(21)31(27-24)18-5-3-17(25)4-6-18/h3-7,9,14,19-20H,8,10-13,15-16H2,1-2H3/t19-,20?/m0/s1. The summed E-state index contributed by atoms with van der Waals surface area (Å²) in [7, 11) is 4.15. The van der Waals surface area contributed by atoms with E-state index in [9.17, 15) is 4.79 Å². The third-order valence-electron chi connectivity index (χ3n) is 6.69. The van der Waals surface area contributed by atoms with Crippen LogP contribution in [-0.2, 0) is 9.53 Å². The van der Waals surface area contributed by atoms with Crippen molar-refractivity contribution in [2.75, 3.05) is 51.8 Å². The van der Waals surface area contributed by atoms with Crippen molar-refractivity contribution in [3.05, 3.63) is 47.7 Å². The maximum Gasteiger partial charge on any atom is 0.224 e. The summed E-state index contributed by atoms with van der Waals surface area (Å²) >= 11 is 6.09. The van der Waals surface area contributed by atoms with Gasteiger partial charge in [-0.15, -0.1) is 5.10 Å². The molecule has 1 unspecified atom stereocenters. The van der Waals surface area contributed by atoms with Gasteiger partial charge in [0.05, 0.1) is 36.7 Å². The summed E-state index contributed by atoms with van der Waals surface area (Å²) < 4.78 is 7.68. The largest absolute Gasteiger partial charge is 0.377 e. The zero-order valence-corrected chi connectivity index (χ0v) is 19.8. The van der Waals surface area contributed by atoms with E-state index < -0.39 is 0 Å². The first-order valence-electron chi connectivity index (χ1n) is 11.4. The number of ether oxygens (including phenoxy) is 1. The van der Waals surface area contributed by atoms with Crippen molar-refractivity contribution in [3.8, 4) is 5.69 Å². The van der Waals surface area contributed by atoms with Gasteiger partial charge in [0, 0.05) is 48.7 Å². The lowest BCUT2D eigenvalue weighted by Crippen LogP contribution is -2.48. The van der Waals surface area contributed by atoms with Gasteiger partial charge in [-0.25, -0.2) is 4.68 Å². The molecule has 0 saturated carbocycles. The minimum absolute atomic E-state index is 0.0606. The van der Waals surface area contributed by atoms with E-state index >= 15 is 0 Å². The fourth-order valence-corrected chi connectivity index (χ4v) is 4.89. The maximum atomic E-state index is 13.2. The molecule has 0 radical (unpaired) electrons. The van der Waals surface area contributed by atoms with Crippen molar-refractivity contribution in [2.24, 2.45) is 0 Å². The normalized spacial score (nSPS) is 21.3. The lowest BCUT2D eigenvalue weighted by atomic mass is 10.1. The Morgan fingerprint density at radius 2 is 2.03 bits per heavy atom. The Morgan fingerprint density at radius 1 is 1.21 bits per heavy atom. The Hall–Kier alpha value is -2.68. The summed E-state index contributed by atoms with van der Waals surface area (Å²) in [6.45, 7) is 3.41. The van der Waals surface area contributed by atoms with Gasteiger partial charge >= 0.3 is 0 Å². The van der Waals surface area contributed by atoms with Crippen molar-refractivity contribution in [1.82, 2.24) is 24.6 Å². The van der Waals surface area contributed by atoms with E-state index in [4.69, 9.17) is 21.4 Å². The van der Waals surface area contributed by atoms with E-state index in [2.05, 4.69) is 28.9 Å². The second-order valence-electron chi connectivity index (χ2n) is 8.98. The molecule has 2 fully saturated rings. The average Bonchev–Trinajstić information content (AvgIpc) is 3.46. The van der Waals surface area contributed by atoms with Gasteiger partial charge in [0.2, 0.25) is 5.91 Å². The highest BCUT2D eigenvalue weighted by Crippen LogP contribution is 2.31. The van der Waals surface area contributed by atoms with Crippen molar-refractivity contribution in [3.63, 3.8) is 0 Å². The monoisotopic (exact) mass is 468 g/mol. The summed E-state index contributed by atoms with van der Waals surface area (Å²) in [5.74, 6) is 1.04. The Bertz CT molecular complexity index is 1130. The quantitative estimate of drug-likeness (QED) is 0.573. The Kier molecular flexibility index (Phi) is 6.23. The molecule has 0 bridgehead atoms. The van der Waals surface area contributed by atoms with Gasteiger partial charge in [0.1, 0.15) is 0 Å². The first-order valence-corrected chi connectivity index (χ1v) is 11.8. The molecule has 174 valence electrons. The molecule has 0 N–H and O–H groups in total. The van der Waals surface area contributed by atoms with E-state index in [0.717, 1.165) is 41.9 Å². The Morgan fingerprint density at radius 3 is 2.79 bits per heavy atom. The highest BCUT2D eigenvalue weighted by atomic mass is 35.5. The number of likely N-dealkylation sites (N-methyl/N-ethyl adjacent to an activating group) is 1. The van der Waals surface area contributed by atoms with Crippen LogP contribution in [0, 0.1) is 0 Å². The molecule has 1 aromatic carbocycles. The number of rotatable bonds is 5. The minimum Gasteiger partial charge on any atom is -0.377 e. The molecule has 2 atom stereocenters. The number of anilines is 1. The van der Waals surface area contributed by atoms with Crippen LogP contribution < -0.4 is 4.90 Å². The van der Waals surface area contributed by atoms with Crippen LogP contribution in [0.25, 0.3) is 16.6 Å². The van der Waals surface area contributed by atoms with Crippen LogP contribution in [-0.4, -0.2) is 89.5 Å². The number of carbonyl (C=O) groups is 1. The second-order valence-corrected chi connectivity index (χ2v) is 9.41. The highest BCUT2D eigenvalue weighted by molar-refractivity contribution is 6.30. The minimum atomic E-state index is -0.0606. The van der Waals surface area contributed by atoms with Crippen molar-refractivity contribution in [2.45, 2.75) is 24.9 Å². The van der Waals surface area contributed by atoms with E-state index in [0.29, 0.717) is 37.2 Å². The number of fused-ring (bicyclic) bond motifs is 1. The predicted octanol–water partition coefficient (Wildman–Crippen LogP) is 2.83. The lowest BCUT2D eigenvalue weighted by Gasteiger charge is -2.36. The van der Waals surface area contributed by atoms with E-state index in [-0.39, 0.29) is 11.9 Å².